The molecule has 0 aliphatic rings. The molecular weight excluding hydrogens is 198 g/mol. The summed E-state index contributed by atoms with van der Waals surface area (Å²) in [5.41, 5.74) is 5.34. The van der Waals surface area contributed by atoms with E-state index >= 15 is 0 Å². The highest BCUT2D eigenvalue weighted by molar-refractivity contribution is 5.76. The lowest BCUT2D eigenvalue weighted by molar-refractivity contribution is 0.216. The molecular formula is C13H29N3. The molecule has 0 aromatic heterocycles. The zero-order valence-corrected chi connectivity index (χ0v) is 11.4. The fourth-order valence-corrected chi connectivity index (χ4v) is 1.94. The largest absolute Gasteiger partial charge is 0.388 e. The molecule has 0 aromatic rings. The van der Waals surface area contributed by atoms with Gasteiger partial charge in [0, 0.05) is 19.5 Å². The summed E-state index contributed by atoms with van der Waals surface area (Å²) < 4.78 is 0. The minimum Gasteiger partial charge on any atom is -0.388 e. The first-order chi connectivity index (χ1) is 7.41. The Morgan fingerprint density at radius 1 is 1.06 bits per heavy atom. The Kier molecular flexibility index (Phi) is 8.26. The van der Waals surface area contributed by atoms with Crippen LogP contribution in [0, 0.1) is 17.2 Å². The second-order valence-electron chi connectivity index (χ2n) is 5.53. The van der Waals surface area contributed by atoms with E-state index in [-0.39, 0.29) is 0 Å². The van der Waals surface area contributed by atoms with Crippen LogP contribution in [-0.4, -0.2) is 30.4 Å². The molecule has 0 fully saturated rings. The van der Waals surface area contributed by atoms with Crippen molar-refractivity contribution in [3.8, 4) is 0 Å². The number of hydrogen-bond donors (Lipinski definition) is 2. The molecule has 96 valence electrons. The zero-order valence-electron chi connectivity index (χ0n) is 11.4. The van der Waals surface area contributed by atoms with Gasteiger partial charge in [-0.1, -0.05) is 27.7 Å². The monoisotopic (exact) mass is 227 g/mol. The van der Waals surface area contributed by atoms with Crippen LogP contribution < -0.4 is 5.73 Å². The summed E-state index contributed by atoms with van der Waals surface area (Å²) in [5, 5.41) is 7.17. The smallest absolute Gasteiger partial charge is 0.0905 e. The molecule has 0 amide bonds. The first-order valence-electron chi connectivity index (χ1n) is 6.47. The molecule has 0 radical (unpaired) electrons. The molecule has 3 heteroatoms. The third-order valence-electron chi connectivity index (χ3n) is 2.42. The minimum absolute atomic E-state index is 0.319. The lowest BCUT2D eigenvalue weighted by Crippen LogP contribution is -2.32. The molecule has 0 rings (SSSR count). The third-order valence-corrected chi connectivity index (χ3v) is 2.42. The lowest BCUT2D eigenvalue weighted by atomic mass is 10.1. The third kappa shape index (κ3) is 9.97. The van der Waals surface area contributed by atoms with Gasteiger partial charge in [-0.15, -0.1) is 0 Å². The van der Waals surface area contributed by atoms with Crippen LogP contribution in [0.15, 0.2) is 0 Å². The normalized spacial score (nSPS) is 11.7. The number of nitrogens with zero attached hydrogens (tertiary/aromatic N) is 1. The maximum absolute atomic E-state index is 7.17. The van der Waals surface area contributed by atoms with Crippen LogP contribution in [0.2, 0.25) is 0 Å². The van der Waals surface area contributed by atoms with Gasteiger partial charge in [-0.05, 0) is 31.2 Å². The lowest BCUT2D eigenvalue weighted by Gasteiger charge is -2.26. The summed E-state index contributed by atoms with van der Waals surface area (Å²) in [4.78, 5) is 2.54. The molecule has 0 aromatic carbocycles. The maximum Gasteiger partial charge on any atom is 0.0905 e. The highest BCUT2D eigenvalue weighted by Gasteiger charge is 2.08. The van der Waals surface area contributed by atoms with E-state index in [0.717, 1.165) is 37.6 Å². The summed E-state index contributed by atoms with van der Waals surface area (Å²) in [7, 11) is 0. The number of nitrogens with one attached hydrogen (secondary N) is 1. The van der Waals surface area contributed by atoms with Gasteiger partial charge < -0.3 is 10.6 Å². The number of hydrogen-bond acceptors (Lipinski definition) is 2. The van der Waals surface area contributed by atoms with Gasteiger partial charge in [-0.2, -0.15) is 0 Å². The topological polar surface area (TPSA) is 53.1 Å². The van der Waals surface area contributed by atoms with Gasteiger partial charge in [0.15, 0.2) is 0 Å². The van der Waals surface area contributed by atoms with Crippen molar-refractivity contribution in [2.45, 2.75) is 47.0 Å². The van der Waals surface area contributed by atoms with Crippen LogP contribution in [0.3, 0.4) is 0 Å². The molecule has 0 bridgehead atoms. The molecule has 0 atom stereocenters. The van der Waals surface area contributed by atoms with Crippen LogP contribution in [0.25, 0.3) is 0 Å². The predicted octanol–water partition coefficient (Wildman–Crippen LogP) is 2.71. The van der Waals surface area contributed by atoms with Crippen LogP contribution in [-0.2, 0) is 0 Å². The van der Waals surface area contributed by atoms with E-state index in [4.69, 9.17) is 11.1 Å². The van der Waals surface area contributed by atoms with Crippen LogP contribution in [0.4, 0.5) is 0 Å². The molecule has 0 aliphatic heterocycles. The molecule has 0 aliphatic carbocycles. The van der Waals surface area contributed by atoms with E-state index in [1.807, 2.05) is 0 Å². The molecule has 0 unspecified atom stereocenters. The average molecular weight is 227 g/mol. The number of rotatable bonds is 9. The summed E-state index contributed by atoms with van der Waals surface area (Å²) in [5.74, 6) is 1.78. The quantitative estimate of drug-likeness (QED) is 0.361. The van der Waals surface area contributed by atoms with E-state index < -0.39 is 0 Å². The Labute approximate surface area is 101 Å². The Hall–Kier alpha value is -0.570. The SMILES string of the molecule is CC(C)CN(CCCCC(=N)N)CC(C)C. The van der Waals surface area contributed by atoms with E-state index in [9.17, 15) is 0 Å². The summed E-state index contributed by atoms with van der Waals surface area (Å²) in [6, 6.07) is 0. The summed E-state index contributed by atoms with van der Waals surface area (Å²) in [6.45, 7) is 12.6. The standard InChI is InChI=1S/C13H29N3/c1-11(2)9-16(10-12(3)4)8-6-5-7-13(14)15/h11-12H,5-10H2,1-4H3,(H3,14,15). The van der Waals surface area contributed by atoms with E-state index in [1.165, 1.54) is 13.1 Å². The number of amidine groups is 1. The van der Waals surface area contributed by atoms with Gasteiger partial charge in [0.1, 0.15) is 0 Å². The van der Waals surface area contributed by atoms with Crippen LogP contribution in [0.1, 0.15) is 47.0 Å². The molecule has 3 nitrogen and oxygen atoms in total. The van der Waals surface area contributed by atoms with E-state index in [2.05, 4.69) is 32.6 Å². The van der Waals surface area contributed by atoms with Gasteiger partial charge in [0.2, 0.25) is 0 Å². The number of unbranched alkanes of at least 4 members (excludes halogenated alkanes) is 1. The second kappa shape index (κ2) is 8.57. The van der Waals surface area contributed by atoms with Gasteiger partial charge in [0.05, 0.1) is 5.84 Å². The fourth-order valence-electron chi connectivity index (χ4n) is 1.94. The van der Waals surface area contributed by atoms with Crippen molar-refractivity contribution in [2.24, 2.45) is 17.6 Å². The first kappa shape index (κ1) is 15.4. The van der Waals surface area contributed by atoms with Gasteiger partial charge in [-0.3, -0.25) is 5.41 Å². The Balaban J connectivity index is 3.77. The summed E-state index contributed by atoms with van der Waals surface area (Å²) in [6.07, 6.45) is 2.94. The minimum atomic E-state index is 0.319. The summed E-state index contributed by atoms with van der Waals surface area (Å²) >= 11 is 0. The molecule has 16 heavy (non-hydrogen) atoms. The Morgan fingerprint density at radius 2 is 1.56 bits per heavy atom. The van der Waals surface area contributed by atoms with Gasteiger partial charge in [-0.25, -0.2) is 0 Å². The van der Waals surface area contributed by atoms with Crippen molar-refractivity contribution in [1.82, 2.24) is 4.90 Å². The molecule has 0 saturated carbocycles. The van der Waals surface area contributed by atoms with Crippen molar-refractivity contribution in [1.29, 1.82) is 5.41 Å². The molecule has 0 spiro atoms. The molecule has 0 heterocycles. The zero-order chi connectivity index (χ0) is 12.6. The average Bonchev–Trinajstić information content (AvgIpc) is 2.09. The van der Waals surface area contributed by atoms with Gasteiger partial charge >= 0.3 is 0 Å². The van der Waals surface area contributed by atoms with Crippen molar-refractivity contribution >= 4 is 5.84 Å². The highest BCUT2D eigenvalue weighted by Crippen LogP contribution is 2.06. The van der Waals surface area contributed by atoms with E-state index in [0.29, 0.717) is 5.84 Å². The van der Waals surface area contributed by atoms with E-state index in [1.54, 1.807) is 0 Å². The van der Waals surface area contributed by atoms with Crippen molar-refractivity contribution in [3.63, 3.8) is 0 Å². The number of nitrogens with two attached hydrogens (primary N) is 1. The van der Waals surface area contributed by atoms with Crippen molar-refractivity contribution in [2.75, 3.05) is 19.6 Å². The van der Waals surface area contributed by atoms with Crippen LogP contribution in [0.5, 0.6) is 0 Å². The maximum atomic E-state index is 7.17. The second-order valence-corrected chi connectivity index (χ2v) is 5.53. The first-order valence-corrected chi connectivity index (χ1v) is 6.47. The molecule has 3 N–H and O–H groups in total. The Bertz CT molecular complexity index is 178. The van der Waals surface area contributed by atoms with Crippen LogP contribution >= 0.6 is 0 Å². The van der Waals surface area contributed by atoms with Crippen molar-refractivity contribution < 1.29 is 0 Å². The van der Waals surface area contributed by atoms with Gasteiger partial charge in [0.25, 0.3) is 0 Å². The Morgan fingerprint density at radius 3 is 1.94 bits per heavy atom. The highest BCUT2D eigenvalue weighted by atomic mass is 15.1. The molecule has 0 saturated heterocycles. The fraction of sp³-hybridized carbons (Fsp3) is 0.923. The predicted molar refractivity (Wildman–Crippen MR) is 71.9 cm³/mol. The van der Waals surface area contributed by atoms with Crippen molar-refractivity contribution in [3.05, 3.63) is 0 Å².